The molecule has 2 fully saturated rings. The van der Waals surface area contributed by atoms with Gasteiger partial charge in [-0.2, -0.15) is 0 Å². The number of hydrogen-bond acceptors (Lipinski definition) is 3. The molecule has 1 aliphatic heterocycles. The standard InChI is InChI=1S/C13H23NO3/c1-13(7-3-10-17-13)12(16)14(8-4-9-15)11-5-2-6-11/h11,15H,2-10H2,1H3. The van der Waals surface area contributed by atoms with Crippen molar-refractivity contribution in [1.29, 1.82) is 0 Å². The molecule has 17 heavy (non-hydrogen) atoms. The Morgan fingerprint density at radius 1 is 1.47 bits per heavy atom. The number of amides is 1. The number of ether oxygens (including phenoxy) is 1. The van der Waals surface area contributed by atoms with Crippen molar-refractivity contribution in [2.45, 2.75) is 57.1 Å². The number of hydrogen-bond donors (Lipinski definition) is 1. The van der Waals surface area contributed by atoms with Gasteiger partial charge in [-0.25, -0.2) is 0 Å². The molecule has 2 aliphatic rings. The number of carbonyl (C=O) groups is 1. The lowest BCUT2D eigenvalue weighted by Gasteiger charge is -2.41. The van der Waals surface area contributed by atoms with Crippen LogP contribution in [0, 0.1) is 0 Å². The number of aliphatic hydroxyl groups is 1. The number of aliphatic hydroxyl groups excluding tert-OH is 1. The average Bonchev–Trinajstić information content (AvgIpc) is 2.69. The summed E-state index contributed by atoms with van der Waals surface area (Å²) in [5.41, 5.74) is -0.606. The third-order valence-corrected chi connectivity index (χ3v) is 4.00. The van der Waals surface area contributed by atoms with Crippen molar-refractivity contribution in [2.75, 3.05) is 19.8 Å². The van der Waals surface area contributed by atoms with Crippen LogP contribution in [0.5, 0.6) is 0 Å². The van der Waals surface area contributed by atoms with E-state index >= 15 is 0 Å². The predicted octanol–water partition coefficient (Wildman–Crippen LogP) is 1.32. The van der Waals surface area contributed by atoms with Crippen molar-refractivity contribution >= 4 is 5.91 Å². The Bertz CT molecular complexity index is 270. The van der Waals surface area contributed by atoms with E-state index in [-0.39, 0.29) is 12.5 Å². The molecule has 0 aromatic rings. The van der Waals surface area contributed by atoms with Crippen LogP contribution in [-0.2, 0) is 9.53 Å². The summed E-state index contributed by atoms with van der Waals surface area (Å²) in [6, 6.07) is 0.384. The number of rotatable bonds is 5. The Kier molecular flexibility index (Phi) is 4.05. The van der Waals surface area contributed by atoms with Crippen LogP contribution in [0.2, 0.25) is 0 Å². The summed E-state index contributed by atoms with van der Waals surface area (Å²) in [5.74, 6) is 0.133. The topological polar surface area (TPSA) is 49.8 Å². The van der Waals surface area contributed by atoms with E-state index in [1.54, 1.807) is 0 Å². The summed E-state index contributed by atoms with van der Waals surface area (Å²) >= 11 is 0. The van der Waals surface area contributed by atoms with E-state index in [0.717, 1.165) is 25.7 Å². The summed E-state index contributed by atoms with van der Waals surface area (Å²) in [4.78, 5) is 14.5. The second-order valence-electron chi connectivity index (χ2n) is 5.34. The summed E-state index contributed by atoms with van der Waals surface area (Å²) in [5, 5.41) is 8.93. The van der Waals surface area contributed by atoms with Gasteiger partial charge in [0.1, 0.15) is 5.60 Å². The van der Waals surface area contributed by atoms with Gasteiger partial charge < -0.3 is 14.7 Å². The Labute approximate surface area is 103 Å². The molecule has 1 atom stereocenters. The molecule has 0 aromatic heterocycles. The highest BCUT2D eigenvalue weighted by Crippen LogP contribution is 2.32. The third-order valence-electron chi connectivity index (χ3n) is 4.00. The zero-order valence-corrected chi connectivity index (χ0v) is 10.7. The van der Waals surface area contributed by atoms with Gasteiger partial charge in [0, 0.05) is 25.8 Å². The van der Waals surface area contributed by atoms with Crippen LogP contribution in [0.3, 0.4) is 0 Å². The largest absolute Gasteiger partial charge is 0.396 e. The van der Waals surface area contributed by atoms with Crippen molar-refractivity contribution in [2.24, 2.45) is 0 Å². The summed E-state index contributed by atoms with van der Waals surface area (Å²) in [6.07, 6.45) is 5.89. The highest BCUT2D eigenvalue weighted by Gasteiger charge is 2.43. The molecule has 1 saturated heterocycles. The molecule has 1 unspecified atom stereocenters. The van der Waals surface area contributed by atoms with Gasteiger partial charge in [0.15, 0.2) is 0 Å². The zero-order chi connectivity index (χ0) is 12.3. The van der Waals surface area contributed by atoms with E-state index in [0.29, 0.717) is 25.6 Å². The van der Waals surface area contributed by atoms with E-state index in [9.17, 15) is 4.79 Å². The Morgan fingerprint density at radius 3 is 2.71 bits per heavy atom. The first kappa shape index (κ1) is 12.8. The van der Waals surface area contributed by atoms with Crippen LogP contribution in [0.1, 0.15) is 45.4 Å². The van der Waals surface area contributed by atoms with Crippen LogP contribution in [0.25, 0.3) is 0 Å². The maximum Gasteiger partial charge on any atom is 0.254 e. The van der Waals surface area contributed by atoms with Gasteiger partial charge >= 0.3 is 0 Å². The molecule has 98 valence electrons. The van der Waals surface area contributed by atoms with Gasteiger partial charge in [0.05, 0.1) is 0 Å². The molecule has 0 spiro atoms. The van der Waals surface area contributed by atoms with Crippen molar-refractivity contribution in [3.05, 3.63) is 0 Å². The fraction of sp³-hybridized carbons (Fsp3) is 0.923. The molecule has 4 heteroatoms. The number of nitrogens with zero attached hydrogens (tertiary/aromatic N) is 1. The molecule has 1 heterocycles. The maximum absolute atomic E-state index is 12.5. The zero-order valence-electron chi connectivity index (χ0n) is 10.7. The van der Waals surface area contributed by atoms with Crippen molar-refractivity contribution in [1.82, 2.24) is 4.90 Å². The van der Waals surface area contributed by atoms with Gasteiger partial charge in [-0.05, 0) is 45.4 Å². The summed E-state index contributed by atoms with van der Waals surface area (Å²) in [6.45, 7) is 3.42. The van der Waals surface area contributed by atoms with Gasteiger partial charge in [-0.15, -0.1) is 0 Å². The predicted molar refractivity (Wildman–Crippen MR) is 64.6 cm³/mol. The van der Waals surface area contributed by atoms with Crippen molar-refractivity contribution in [3.63, 3.8) is 0 Å². The molecule has 0 bridgehead atoms. The highest BCUT2D eigenvalue weighted by atomic mass is 16.5. The Balaban J connectivity index is 2.00. The molecule has 4 nitrogen and oxygen atoms in total. The fourth-order valence-electron chi connectivity index (χ4n) is 2.64. The molecule has 0 aromatic carbocycles. The fourth-order valence-corrected chi connectivity index (χ4v) is 2.64. The van der Waals surface area contributed by atoms with Gasteiger partial charge in [0.25, 0.3) is 5.91 Å². The first-order valence-electron chi connectivity index (χ1n) is 6.73. The first-order valence-corrected chi connectivity index (χ1v) is 6.73. The molecule has 1 amide bonds. The second kappa shape index (κ2) is 5.36. The van der Waals surface area contributed by atoms with E-state index in [2.05, 4.69) is 0 Å². The smallest absolute Gasteiger partial charge is 0.254 e. The Hall–Kier alpha value is -0.610. The normalized spacial score (nSPS) is 29.1. The lowest BCUT2D eigenvalue weighted by Crippen LogP contribution is -2.53. The lowest BCUT2D eigenvalue weighted by molar-refractivity contribution is -0.155. The quantitative estimate of drug-likeness (QED) is 0.789. The van der Waals surface area contributed by atoms with Crippen LogP contribution in [0.4, 0.5) is 0 Å². The highest BCUT2D eigenvalue weighted by molar-refractivity contribution is 5.85. The molecule has 1 N–H and O–H groups in total. The molecular weight excluding hydrogens is 218 g/mol. The molecule has 2 rings (SSSR count). The minimum absolute atomic E-state index is 0.133. The monoisotopic (exact) mass is 241 g/mol. The van der Waals surface area contributed by atoms with Gasteiger partial charge in [-0.1, -0.05) is 0 Å². The van der Waals surface area contributed by atoms with Crippen LogP contribution in [0.15, 0.2) is 0 Å². The van der Waals surface area contributed by atoms with Crippen molar-refractivity contribution < 1.29 is 14.6 Å². The van der Waals surface area contributed by atoms with E-state index in [1.165, 1.54) is 6.42 Å². The number of carbonyl (C=O) groups excluding carboxylic acids is 1. The molecule has 1 aliphatic carbocycles. The van der Waals surface area contributed by atoms with E-state index < -0.39 is 5.60 Å². The first-order chi connectivity index (χ1) is 8.17. The van der Waals surface area contributed by atoms with Gasteiger partial charge in [0.2, 0.25) is 0 Å². The lowest BCUT2D eigenvalue weighted by atomic mass is 9.89. The van der Waals surface area contributed by atoms with Crippen LogP contribution >= 0.6 is 0 Å². The van der Waals surface area contributed by atoms with Crippen LogP contribution < -0.4 is 0 Å². The molecular formula is C13H23NO3. The Morgan fingerprint density at radius 2 is 2.24 bits per heavy atom. The van der Waals surface area contributed by atoms with Gasteiger partial charge in [-0.3, -0.25) is 4.79 Å². The average molecular weight is 241 g/mol. The molecule has 1 saturated carbocycles. The SMILES string of the molecule is CC1(C(=O)N(CCCO)C2CCC2)CCCO1. The summed E-state index contributed by atoms with van der Waals surface area (Å²) < 4.78 is 5.63. The van der Waals surface area contributed by atoms with Crippen molar-refractivity contribution in [3.8, 4) is 0 Å². The summed E-state index contributed by atoms with van der Waals surface area (Å²) in [7, 11) is 0. The second-order valence-corrected chi connectivity index (χ2v) is 5.34. The minimum Gasteiger partial charge on any atom is -0.396 e. The van der Waals surface area contributed by atoms with E-state index in [1.807, 2.05) is 11.8 Å². The minimum atomic E-state index is -0.606. The van der Waals surface area contributed by atoms with E-state index in [4.69, 9.17) is 9.84 Å². The third kappa shape index (κ3) is 2.63. The van der Waals surface area contributed by atoms with Crippen LogP contribution in [-0.4, -0.2) is 47.3 Å². The molecule has 0 radical (unpaired) electrons. The maximum atomic E-state index is 12.5.